The summed E-state index contributed by atoms with van der Waals surface area (Å²) >= 11 is 0. The second kappa shape index (κ2) is 7.32. The summed E-state index contributed by atoms with van der Waals surface area (Å²) in [7, 11) is 0. The number of amides is 1. The van der Waals surface area contributed by atoms with Crippen molar-refractivity contribution in [3.05, 3.63) is 53.9 Å². The van der Waals surface area contributed by atoms with Crippen molar-refractivity contribution in [3.8, 4) is 17.2 Å². The van der Waals surface area contributed by atoms with Crippen molar-refractivity contribution < 1.29 is 19.0 Å². The third-order valence-electron chi connectivity index (χ3n) is 4.00. The lowest BCUT2D eigenvalue weighted by atomic mass is 10.2. The van der Waals surface area contributed by atoms with Gasteiger partial charge < -0.3 is 19.5 Å². The number of fused-ring (bicyclic) bond motifs is 1. The second-order valence-corrected chi connectivity index (χ2v) is 5.75. The van der Waals surface area contributed by atoms with Crippen molar-refractivity contribution in [1.82, 2.24) is 20.2 Å². The highest BCUT2D eigenvalue weighted by Gasteiger charge is 2.15. The summed E-state index contributed by atoms with van der Waals surface area (Å²) in [5.41, 5.74) is 1.10. The molecule has 0 aliphatic carbocycles. The highest BCUT2D eigenvalue weighted by atomic mass is 16.7. The first kappa shape index (κ1) is 16.8. The molecule has 0 saturated carbocycles. The maximum atomic E-state index is 12.5. The van der Waals surface area contributed by atoms with E-state index >= 15 is 0 Å². The van der Waals surface area contributed by atoms with Crippen LogP contribution < -0.4 is 19.5 Å². The summed E-state index contributed by atoms with van der Waals surface area (Å²) in [5.74, 6) is 2.20. The van der Waals surface area contributed by atoms with Gasteiger partial charge in [-0.1, -0.05) is 6.07 Å². The fraction of sp³-hybridized carbons (Fsp3) is 0.222. The summed E-state index contributed by atoms with van der Waals surface area (Å²) in [6, 6.07) is 12.2. The molecule has 0 fully saturated rings. The van der Waals surface area contributed by atoms with Gasteiger partial charge in [-0.25, -0.2) is 4.68 Å². The molecule has 1 N–H and O–H groups in total. The van der Waals surface area contributed by atoms with Gasteiger partial charge in [0, 0.05) is 23.9 Å². The van der Waals surface area contributed by atoms with Gasteiger partial charge in [-0.3, -0.25) is 4.79 Å². The molecule has 2 aromatic carbocycles. The van der Waals surface area contributed by atoms with E-state index < -0.39 is 0 Å². The molecule has 1 amide bonds. The van der Waals surface area contributed by atoms with Gasteiger partial charge >= 0.3 is 0 Å². The van der Waals surface area contributed by atoms with Crippen LogP contribution in [-0.4, -0.2) is 32.9 Å². The third kappa shape index (κ3) is 3.66. The zero-order chi connectivity index (χ0) is 18.6. The molecule has 27 heavy (non-hydrogen) atoms. The van der Waals surface area contributed by atoms with Crippen LogP contribution in [0.15, 0.2) is 42.5 Å². The standard InChI is InChI=1S/C18H17N5O4/c1-2-23-17(20-21-22-23)10-25-14-5-3-4-12(8-14)18(24)19-13-6-7-15-16(9-13)27-11-26-15/h3-9H,2,10-11H2,1H3,(H,19,24). The minimum Gasteiger partial charge on any atom is -0.486 e. The monoisotopic (exact) mass is 367 g/mol. The molecule has 1 aromatic heterocycles. The number of nitrogens with one attached hydrogen (secondary N) is 1. The van der Waals surface area contributed by atoms with E-state index in [9.17, 15) is 4.79 Å². The van der Waals surface area contributed by atoms with E-state index in [1.54, 1.807) is 47.1 Å². The van der Waals surface area contributed by atoms with E-state index in [2.05, 4.69) is 20.8 Å². The normalized spacial score (nSPS) is 12.0. The molecule has 0 spiro atoms. The van der Waals surface area contributed by atoms with Gasteiger partial charge in [0.05, 0.1) is 0 Å². The zero-order valence-electron chi connectivity index (χ0n) is 14.6. The number of anilines is 1. The van der Waals surface area contributed by atoms with E-state index in [0.29, 0.717) is 40.9 Å². The van der Waals surface area contributed by atoms with E-state index in [1.807, 2.05) is 6.92 Å². The van der Waals surface area contributed by atoms with Crippen molar-refractivity contribution in [2.75, 3.05) is 12.1 Å². The minimum atomic E-state index is -0.252. The number of carbonyl (C=O) groups is 1. The molecule has 0 unspecified atom stereocenters. The van der Waals surface area contributed by atoms with E-state index in [-0.39, 0.29) is 19.3 Å². The van der Waals surface area contributed by atoms with Crippen LogP contribution >= 0.6 is 0 Å². The molecule has 1 aliphatic heterocycles. The van der Waals surface area contributed by atoms with Crippen molar-refractivity contribution >= 4 is 11.6 Å². The molecule has 0 saturated heterocycles. The van der Waals surface area contributed by atoms with Crippen LogP contribution in [0.1, 0.15) is 23.1 Å². The average molecular weight is 367 g/mol. The Labute approximate surface area is 154 Å². The molecule has 3 aromatic rings. The SMILES string of the molecule is CCn1nnnc1COc1cccc(C(=O)Nc2ccc3c(c2)OCO3)c1. The maximum absolute atomic E-state index is 12.5. The topological polar surface area (TPSA) is 100 Å². The number of hydrogen-bond donors (Lipinski definition) is 1. The lowest BCUT2D eigenvalue weighted by Gasteiger charge is -2.09. The summed E-state index contributed by atoms with van der Waals surface area (Å²) in [6.07, 6.45) is 0. The molecule has 0 atom stereocenters. The predicted octanol–water partition coefficient (Wildman–Crippen LogP) is 2.25. The van der Waals surface area contributed by atoms with E-state index in [4.69, 9.17) is 14.2 Å². The number of rotatable bonds is 6. The zero-order valence-corrected chi connectivity index (χ0v) is 14.6. The molecule has 138 valence electrons. The summed E-state index contributed by atoms with van der Waals surface area (Å²) in [6.45, 7) is 3.01. The Morgan fingerprint density at radius 2 is 2.11 bits per heavy atom. The van der Waals surface area contributed by atoms with Crippen molar-refractivity contribution in [3.63, 3.8) is 0 Å². The summed E-state index contributed by atoms with van der Waals surface area (Å²) in [5, 5.41) is 14.2. The largest absolute Gasteiger partial charge is 0.486 e. The number of aromatic nitrogens is 4. The molecule has 2 heterocycles. The van der Waals surface area contributed by atoms with Gasteiger partial charge in [0.25, 0.3) is 5.91 Å². The maximum Gasteiger partial charge on any atom is 0.255 e. The molecule has 4 rings (SSSR count). The lowest BCUT2D eigenvalue weighted by molar-refractivity contribution is 0.102. The number of carbonyl (C=O) groups excluding carboxylic acids is 1. The quantitative estimate of drug-likeness (QED) is 0.713. The molecule has 9 nitrogen and oxygen atoms in total. The van der Waals surface area contributed by atoms with Crippen LogP contribution in [-0.2, 0) is 13.2 Å². The van der Waals surface area contributed by atoms with E-state index in [0.717, 1.165) is 0 Å². The Kier molecular flexibility index (Phi) is 4.56. The molecular formula is C18H17N5O4. The van der Waals surface area contributed by atoms with Gasteiger partial charge in [-0.05, 0) is 47.7 Å². The second-order valence-electron chi connectivity index (χ2n) is 5.75. The molecule has 1 aliphatic rings. The van der Waals surface area contributed by atoms with Crippen LogP contribution in [0.4, 0.5) is 5.69 Å². The van der Waals surface area contributed by atoms with Gasteiger partial charge in [-0.15, -0.1) is 5.10 Å². The van der Waals surface area contributed by atoms with Crippen LogP contribution in [0.25, 0.3) is 0 Å². The Bertz CT molecular complexity index is 972. The van der Waals surface area contributed by atoms with Crippen molar-refractivity contribution in [2.45, 2.75) is 20.1 Å². The predicted molar refractivity (Wildman–Crippen MR) is 94.8 cm³/mol. The van der Waals surface area contributed by atoms with Crippen LogP contribution in [0.5, 0.6) is 17.2 Å². The van der Waals surface area contributed by atoms with Gasteiger partial charge in [0.1, 0.15) is 12.4 Å². The minimum absolute atomic E-state index is 0.188. The highest BCUT2D eigenvalue weighted by Crippen LogP contribution is 2.34. The molecule has 0 bridgehead atoms. The first-order chi connectivity index (χ1) is 13.2. The number of tetrazole rings is 1. The number of ether oxygens (including phenoxy) is 3. The van der Waals surface area contributed by atoms with Gasteiger partial charge in [0.15, 0.2) is 17.3 Å². The number of benzene rings is 2. The van der Waals surface area contributed by atoms with Crippen LogP contribution in [0, 0.1) is 0 Å². The van der Waals surface area contributed by atoms with Gasteiger partial charge in [0.2, 0.25) is 6.79 Å². The summed E-state index contributed by atoms with van der Waals surface area (Å²) < 4.78 is 17.9. The summed E-state index contributed by atoms with van der Waals surface area (Å²) in [4.78, 5) is 12.5. The highest BCUT2D eigenvalue weighted by molar-refractivity contribution is 6.04. The van der Waals surface area contributed by atoms with Gasteiger partial charge in [-0.2, -0.15) is 0 Å². The molecule has 0 radical (unpaired) electrons. The molecule has 9 heteroatoms. The smallest absolute Gasteiger partial charge is 0.255 e. The fourth-order valence-corrected chi connectivity index (χ4v) is 2.62. The first-order valence-electron chi connectivity index (χ1n) is 8.42. The lowest BCUT2D eigenvalue weighted by Crippen LogP contribution is -2.12. The van der Waals surface area contributed by atoms with Crippen molar-refractivity contribution in [2.24, 2.45) is 0 Å². The number of nitrogens with zero attached hydrogens (tertiary/aromatic N) is 4. The Morgan fingerprint density at radius 3 is 3.00 bits per heavy atom. The Hall–Kier alpha value is -3.62. The Morgan fingerprint density at radius 1 is 1.22 bits per heavy atom. The Balaban J connectivity index is 1.43. The fourth-order valence-electron chi connectivity index (χ4n) is 2.62. The number of hydrogen-bond acceptors (Lipinski definition) is 7. The van der Waals surface area contributed by atoms with E-state index in [1.165, 1.54) is 0 Å². The first-order valence-corrected chi connectivity index (χ1v) is 8.42. The van der Waals surface area contributed by atoms with Crippen molar-refractivity contribution in [1.29, 1.82) is 0 Å². The third-order valence-corrected chi connectivity index (χ3v) is 4.00. The number of aryl methyl sites for hydroxylation is 1. The van der Waals surface area contributed by atoms with Crippen LogP contribution in [0.3, 0.4) is 0 Å². The molecular weight excluding hydrogens is 350 g/mol. The van der Waals surface area contributed by atoms with Crippen LogP contribution in [0.2, 0.25) is 0 Å². The average Bonchev–Trinajstić information content (AvgIpc) is 3.35.